The molecule has 2 N–H and O–H groups in total. The van der Waals surface area contributed by atoms with Crippen LogP contribution in [-0.2, 0) is 19.6 Å². The summed E-state index contributed by atoms with van der Waals surface area (Å²) in [6.07, 6.45) is 3.17. The molecule has 1 aliphatic heterocycles. The summed E-state index contributed by atoms with van der Waals surface area (Å²) in [5, 5.41) is 4.18. The average Bonchev–Trinajstić information content (AvgIpc) is 2.60. The molecule has 0 bridgehead atoms. The van der Waals surface area contributed by atoms with Gasteiger partial charge in [-0.3, -0.25) is 9.59 Å². The fourth-order valence-corrected chi connectivity index (χ4v) is 2.89. The molecule has 1 heterocycles. The van der Waals surface area contributed by atoms with Gasteiger partial charge in [0.1, 0.15) is 5.25 Å². The Bertz CT molecular complexity index is 494. The van der Waals surface area contributed by atoms with Gasteiger partial charge in [-0.1, -0.05) is 0 Å². The molecule has 1 aliphatic carbocycles. The van der Waals surface area contributed by atoms with Gasteiger partial charge in [-0.15, -0.1) is 0 Å². The van der Waals surface area contributed by atoms with Gasteiger partial charge in [0.25, 0.3) is 0 Å². The second kappa shape index (κ2) is 4.23. The van der Waals surface area contributed by atoms with Crippen molar-refractivity contribution in [3.05, 3.63) is 11.8 Å². The minimum atomic E-state index is -3.70. The molecule has 1 amide bonds. The first-order valence-corrected chi connectivity index (χ1v) is 7.04. The van der Waals surface area contributed by atoms with E-state index in [0.717, 1.165) is 0 Å². The summed E-state index contributed by atoms with van der Waals surface area (Å²) in [6, 6.07) is 0. The Morgan fingerprint density at radius 3 is 2.53 bits per heavy atom. The van der Waals surface area contributed by atoms with Gasteiger partial charge in [0, 0.05) is 31.2 Å². The van der Waals surface area contributed by atoms with Crippen molar-refractivity contribution in [1.29, 1.82) is 0 Å². The minimum Gasteiger partial charge on any atom is -0.315 e. The standard InChI is InChI=1S/C10H14N2O4S/c11-17(15,16)9-5-10(14)12(6-9)7-2-1-3-8(13)4-7/h4,9H,1-3,5-6H2,(H2,11,15,16). The van der Waals surface area contributed by atoms with Gasteiger partial charge in [-0.25, -0.2) is 13.6 Å². The summed E-state index contributed by atoms with van der Waals surface area (Å²) in [7, 11) is -3.70. The van der Waals surface area contributed by atoms with Gasteiger partial charge in [-0.05, 0) is 12.8 Å². The number of carbonyl (C=O) groups is 2. The maximum atomic E-state index is 11.7. The smallest absolute Gasteiger partial charge is 0.228 e. The second-order valence-electron chi connectivity index (χ2n) is 4.38. The van der Waals surface area contributed by atoms with Crippen molar-refractivity contribution in [2.45, 2.75) is 30.9 Å². The summed E-state index contributed by atoms with van der Waals surface area (Å²) in [5.74, 6) is -0.289. The molecule has 0 radical (unpaired) electrons. The van der Waals surface area contributed by atoms with Crippen LogP contribution in [0, 0.1) is 0 Å². The molecule has 0 aromatic carbocycles. The van der Waals surface area contributed by atoms with Crippen molar-refractivity contribution < 1.29 is 18.0 Å². The monoisotopic (exact) mass is 258 g/mol. The number of carbonyl (C=O) groups excluding carboxylic acids is 2. The van der Waals surface area contributed by atoms with Gasteiger partial charge in [0.05, 0.1) is 0 Å². The summed E-state index contributed by atoms with van der Waals surface area (Å²) < 4.78 is 22.4. The molecule has 0 aromatic heterocycles. The van der Waals surface area contributed by atoms with Crippen molar-refractivity contribution in [3.63, 3.8) is 0 Å². The van der Waals surface area contributed by atoms with Crippen LogP contribution in [0.15, 0.2) is 11.8 Å². The van der Waals surface area contributed by atoms with Crippen LogP contribution < -0.4 is 5.14 Å². The van der Waals surface area contributed by atoms with E-state index in [1.165, 1.54) is 11.0 Å². The predicted octanol–water partition coefficient (Wildman–Crippen LogP) is -0.487. The van der Waals surface area contributed by atoms with Crippen LogP contribution in [0.1, 0.15) is 25.7 Å². The number of rotatable bonds is 2. The summed E-state index contributed by atoms with van der Waals surface area (Å²) in [6.45, 7) is 0.0663. The first kappa shape index (κ1) is 12.3. The Balaban J connectivity index is 2.19. The Morgan fingerprint density at radius 2 is 2.00 bits per heavy atom. The summed E-state index contributed by atoms with van der Waals surface area (Å²) in [5.41, 5.74) is 0.623. The van der Waals surface area contributed by atoms with Crippen molar-refractivity contribution in [1.82, 2.24) is 4.90 Å². The highest BCUT2D eigenvalue weighted by Gasteiger charge is 2.38. The lowest BCUT2D eigenvalue weighted by Crippen LogP contribution is -2.32. The van der Waals surface area contributed by atoms with Crippen LogP contribution in [0.25, 0.3) is 0 Å². The van der Waals surface area contributed by atoms with Gasteiger partial charge >= 0.3 is 0 Å². The zero-order chi connectivity index (χ0) is 12.6. The van der Waals surface area contributed by atoms with E-state index < -0.39 is 15.3 Å². The molecule has 0 saturated carbocycles. The predicted molar refractivity (Wildman–Crippen MR) is 60.2 cm³/mol. The number of hydrogen-bond donors (Lipinski definition) is 1. The molecule has 6 nitrogen and oxygen atoms in total. The molecule has 0 aromatic rings. The van der Waals surface area contributed by atoms with Crippen LogP contribution >= 0.6 is 0 Å². The fraction of sp³-hybridized carbons (Fsp3) is 0.600. The van der Waals surface area contributed by atoms with Crippen molar-refractivity contribution in [2.75, 3.05) is 6.54 Å². The lowest BCUT2D eigenvalue weighted by atomic mass is 10.0. The molecular weight excluding hydrogens is 244 g/mol. The lowest BCUT2D eigenvalue weighted by Gasteiger charge is -2.22. The van der Waals surface area contributed by atoms with Gasteiger partial charge < -0.3 is 4.90 Å². The van der Waals surface area contributed by atoms with E-state index in [4.69, 9.17) is 5.14 Å². The van der Waals surface area contributed by atoms with E-state index in [1.807, 2.05) is 0 Å². The normalized spacial score (nSPS) is 26.3. The average molecular weight is 258 g/mol. The number of amides is 1. The highest BCUT2D eigenvalue weighted by Crippen LogP contribution is 2.26. The molecule has 1 fully saturated rings. The second-order valence-corrected chi connectivity index (χ2v) is 6.22. The number of hydrogen-bond acceptors (Lipinski definition) is 4. The Labute approximate surface area is 99.5 Å². The van der Waals surface area contributed by atoms with Gasteiger partial charge in [-0.2, -0.15) is 0 Å². The van der Waals surface area contributed by atoms with E-state index in [-0.39, 0.29) is 24.7 Å². The molecule has 2 rings (SSSR count). The number of nitrogens with two attached hydrogens (primary N) is 1. The molecule has 7 heteroatoms. The fourth-order valence-electron chi connectivity index (χ4n) is 2.16. The third-order valence-electron chi connectivity index (χ3n) is 3.08. The highest BCUT2D eigenvalue weighted by molar-refractivity contribution is 7.89. The van der Waals surface area contributed by atoms with E-state index >= 15 is 0 Å². The summed E-state index contributed by atoms with van der Waals surface area (Å²) in [4.78, 5) is 24.3. The maximum absolute atomic E-state index is 11.7. The van der Waals surface area contributed by atoms with Crippen LogP contribution in [0.4, 0.5) is 0 Å². The zero-order valence-corrected chi connectivity index (χ0v) is 10.1. The SMILES string of the molecule is NS(=O)(=O)C1CC(=O)N(C2=CC(=O)CCC2)C1. The van der Waals surface area contributed by atoms with E-state index in [9.17, 15) is 18.0 Å². The Kier molecular flexibility index (Phi) is 3.05. The maximum Gasteiger partial charge on any atom is 0.228 e. The van der Waals surface area contributed by atoms with E-state index in [2.05, 4.69) is 0 Å². The van der Waals surface area contributed by atoms with Crippen molar-refractivity contribution >= 4 is 21.7 Å². The van der Waals surface area contributed by atoms with Crippen molar-refractivity contribution in [3.8, 4) is 0 Å². The first-order valence-electron chi connectivity index (χ1n) is 5.43. The van der Waals surface area contributed by atoms with E-state index in [1.54, 1.807) is 0 Å². The summed E-state index contributed by atoms with van der Waals surface area (Å²) >= 11 is 0. The first-order chi connectivity index (χ1) is 7.88. The number of sulfonamides is 1. The lowest BCUT2D eigenvalue weighted by molar-refractivity contribution is -0.126. The van der Waals surface area contributed by atoms with Crippen LogP contribution in [-0.4, -0.2) is 36.8 Å². The quantitative estimate of drug-likeness (QED) is 0.722. The third-order valence-corrected chi connectivity index (χ3v) is 4.33. The van der Waals surface area contributed by atoms with Gasteiger partial charge in [0.2, 0.25) is 15.9 Å². The van der Waals surface area contributed by atoms with Crippen LogP contribution in [0.2, 0.25) is 0 Å². The number of likely N-dealkylation sites (tertiary alicyclic amines) is 1. The molecule has 0 spiro atoms. The molecular formula is C10H14N2O4S. The number of allylic oxidation sites excluding steroid dienone is 2. The molecule has 1 saturated heterocycles. The Hall–Kier alpha value is -1.21. The minimum absolute atomic E-state index is 0.0156. The molecule has 1 atom stereocenters. The molecule has 94 valence electrons. The highest BCUT2D eigenvalue weighted by atomic mass is 32.2. The zero-order valence-electron chi connectivity index (χ0n) is 9.26. The topological polar surface area (TPSA) is 97.5 Å². The molecule has 2 aliphatic rings. The van der Waals surface area contributed by atoms with Crippen LogP contribution in [0.3, 0.4) is 0 Å². The number of nitrogens with zero attached hydrogens (tertiary/aromatic N) is 1. The number of primary sulfonamides is 1. The number of ketones is 1. The van der Waals surface area contributed by atoms with Gasteiger partial charge in [0.15, 0.2) is 5.78 Å². The largest absolute Gasteiger partial charge is 0.315 e. The van der Waals surface area contributed by atoms with Crippen LogP contribution in [0.5, 0.6) is 0 Å². The molecule has 17 heavy (non-hydrogen) atoms. The van der Waals surface area contributed by atoms with E-state index in [0.29, 0.717) is 25.0 Å². The Morgan fingerprint density at radius 1 is 1.29 bits per heavy atom. The van der Waals surface area contributed by atoms with Crippen molar-refractivity contribution in [2.24, 2.45) is 5.14 Å². The molecule has 1 unspecified atom stereocenters. The third kappa shape index (κ3) is 2.55.